The molecule has 0 bridgehead atoms. The first-order valence-corrected chi connectivity index (χ1v) is 7.51. The number of halogens is 1. The zero-order valence-electron chi connectivity index (χ0n) is 11.9. The van der Waals surface area contributed by atoms with E-state index in [0.29, 0.717) is 5.92 Å². The van der Waals surface area contributed by atoms with E-state index in [9.17, 15) is 5.11 Å². The zero-order chi connectivity index (χ0) is 14.0. The molecule has 106 valence electrons. The van der Waals surface area contributed by atoms with Crippen molar-refractivity contribution in [3.05, 3.63) is 28.3 Å². The van der Waals surface area contributed by atoms with E-state index in [-0.39, 0.29) is 12.2 Å². The smallest absolute Gasteiger partial charge is 0.124 e. The van der Waals surface area contributed by atoms with Crippen molar-refractivity contribution >= 4 is 11.6 Å². The molecule has 1 fully saturated rings. The van der Waals surface area contributed by atoms with Gasteiger partial charge in [-0.3, -0.25) is 0 Å². The van der Waals surface area contributed by atoms with Crippen molar-refractivity contribution in [3.8, 4) is 5.75 Å². The third-order valence-corrected chi connectivity index (χ3v) is 4.19. The molecular formula is C16H23ClO2. The molecule has 2 unspecified atom stereocenters. The van der Waals surface area contributed by atoms with E-state index in [1.807, 2.05) is 19.1 Å². The third-order valence-electron chi connectivity index (χ3n) is 3.86. The highest BCUT2D eigenvalue weighted by molar-refractivity contribution is 6.31. The summed E-state index contributed by atoms with van der Waals surface area (Å²) in [6.07, 6.45) is 3.58. The summed E-state index contributed by atoms with van der Waals surface area (Å²) in [5, 5.41) is 10.8. The molecule has 0 amide bonds. The van der Waals surface area contributed by atoms with Crippen LogP contribution < -0.4 is 4.74 Å². The lowest BCUT2D eigenvalue weighted by atomic mass is 9.94. The molecule has 0 aromatic heterocycles. The summed E-state index contributed by atoms with van der Waals surface area (Å²) in [7, 11) is 0. The average molecular weight is 283 g/mol. The van der Waals surface area contributed by atoms with Gasteiger partial charge in [0.05, 0.1) is 6.10 Å². The van der Waals surface area contributed by atoms with Crippen LogP contribution in [0.25, 0.3) is 0 Å². The predicted molar refractivity (Wildman–Crippen MR) is 79.2 cm³/mol. The predicted octanol–water partition coefficient (Wildman–Crippen LogP) is 4.45. The summed E-state index contributed by atoms with van der Waals surface area (Å²) >= 11 is 6.26. The average Bonchev–Trinajstić information content (AvgIpc) is 2.34. The van der Waals surface area contributed by atoms with Crippen LogP contribution in [0, 0.1) is 6.92 Å². The number of rotatable bonds is 3. The Bertz CT molecular complexity index is 443. The molecule has 3 heteroatoms. The molecule has 0 spiro atoms. The third kappa shape index (κ3) is 3.43. The van der Waals surface area contributed by atoms with E-state index < -0.39 is 0 Å². The van der Waals surface area contributed by atoms with Crippen LogP contribution in [0.3, 0.4) is 0 Å². The Morgan fingerprint density at radius 1 is 1.26 bits per heavy atom. The lowest BCUT2D eigenvalue weighted by molar-refractivity contribution is 0.00650. The second-order valence-electron chi connectivity index (χ2n) is 5.80. The Morgan fingerprint density at radius 3 is 2.58 bits per heavy atom. The van der Waals surface area contributed by atoms with Gasteiger partial charge in [0.2, 0.25) is 0 Å². The summed E-state index contributed by atoms with van der Waals surface area (Å²) in [5.41, 5.74) is 2.14. The number of hydrogen-bond donors (Lipinski definition) is 1. The maximum Gasteiger partial charge on any atom is 0.124 e. The van der Waals surface area contributed by atoms with Crippen LogP contribution >= 0.6 is 11.6 Å². The first-order valence-electron chi connectivity index (χ1n) is 7.13. The van der Waals surface area contributed by atoms with Gasteiger partial charge in [-0.25, -0.2) is 0 Å². The minimum absolute atomic E-state index is 0.0753. The standard InChI is InChI=1S/C16H23ClO2/c1-10(2)12-9-16(11(3)8-13(12)17)19-15-7-5-4-6-14(15)18/h8-10,14-15,18H,4-7H2,1-3H3. The minimum Gasteiger partial charge on any atom is -0.487 e. The van der Waals surface area contributed by atoms with Crippen LogP contribution in [-0.4, -0.2) is 17.3 Å². The molecule has 1 N–H and O–H groups in total. The molecule has 0 heterocycles. The highest BCUT2D eigenvalue weighted by Crippen LogP contribution is 2.33. The van der Waals surface area contributed by atoms with Crippen molar-refractivity contribution in [2.24, 2.45) is 0 Å². The Balaban J connectivity index is 2.21. The second kappa shape index (κ2) is 6.15. The molecule has 1 saturated carbocycles. The molecule has 0 saturated heterocycles. The van der Waals surface area contributed by atoms with Gasteiger partial charge in [-0.15, -0.1) is 0 Å². The van der Waals surface area contributed by atoms with Crippen LogP contribution in [0.15, 0.2) is 12.1 Å². The molecular weight excluding hydrogens is 260 g/mol. The highest BCUT2D eigenvalue weighted by atomic mass is 35.5. The number of hydrogen-bond acceptors (Lipinski definition) is 2. The van der Waals surface area contributed by atoms with Gasteiger partial charge >= 0.3 is 0 Å². The first kappa shape index (κ1) is 14.7. The van der Waals surface area contributed by atoms with Crippen LogP contribution in [-0.2, 0) is 0 Å². The van der Waals surface area contributed by atoms with Crippen LogP contribution in [0.5, 0.6) is 5.75 Å². The molecule has 1 aliphatic rings. The van der Waals surface area contributed by atoms with E-state index in [0.717, 1.165) is 47.6 Å². The van der Waals surface area contributed by atoms with E-state index in [2.05, 4.69) is 13.8 Å². The van der Waals surface area contributed by atoms with Crippen molar-refractivity contribution < 1.29 is 9.84 Å². The monoisotopic (exact) mass is 282 g/mol. The van der Waals surface area contributed by atoms with E-state index in [1.165, 1.54) is 0 Å². The molecule has 1 aromatic carbocycles. The number of benzene rings is 1. The van der Waals surface area contributed by atoms with Gasteiger partial charge in [-0.05, 0) is 55.4 Å². The Labute approximate surface area is 120 Å². The topological polar surface area (TPSA) is 29.5 Å². The molecule has 2 nitrogen and oxygen atoms in total. The van der Waals surface area contributed by atoms with Gasteiger partial charge in [-0.1, -0.05) is 31.9 Å². The van der Waals surface area contributed by atoms with Crippen LogP contribution in [0.2, 0.25) is 5.02 Å². The Hall–Kier alpha value is -0.730. The minimum atomic E-state index is -0.341. The van der Waals surface area contributed by atoms with Gasteiger partial charge in [0.1, 0.15) is 11.9 Å². The number of aliphatic hydroxyl groups is 1. The molecule has 0 radical (unpaired) electrons. The maximum absolute atomic E-state index is 10.0. The molecule has 1 aliphatic carbocycles. The summed E-state index contributed by atoms with van der Waals surface area (Å²) in [4.78, 5) is 0. The van der Waals surface area contributed by atoms with Crippen LogP contribution in [0.4, 0.5) is 0 Å². The highest BCUT2D eigenvalue weighted by Gasteiger charge is 2.25. The summed E-state index contributed by atoms with van der Waals surface area (Å²) in [6, 6.07) is 3.99. The normalized spacial score (nSPS) is 23.7. The fourth-order valence-electron chi connectivity index (χ4n) is 2.62. The maximum atomic E-state index is 10.0. The molecule has 2 atom stereocenters. The second-order valence-corrected chi connectivity index (χ2v) is 6.21. The van der Waals surface area contributed by atoms with Gasteiger partial charge in [-0.2, -0.15) is 0 Å². The first-order chi connectivity index (χ1) is 8.99. The van der Waals surface area contributed by atoms with Crippen molar-refractivity contribution in [2.75, 3.05) is 0 Å². The number of aliphatic hydroxyl groups excluding tert-OH is 1. The summed E-state index contributed by atoms with van der Waals surface area (Å²) in [6.45, 7) is 6.24. The lowest BCUT2D eigenvalue weighted by Gasteiger charge is -2.29. The van der Waals surface area contributed by atoms with E-state index in [1.54, 1.807) is 0 Å². The summed E-state index contributed by atoms with van der Waals surface area (Å²) in [5.74, 6) is 1.23. The lowest BCUT2D eigenvalue weighted by Crippen LogP contribution is -2.34. The molecule has 2 rings (SSSR count). The fraction of sp³-hybridized carbons (Fsp3) is 0.625. The van der Waals surface area contributed by atoms with Gasteiger partial charge < -0.3 is 9.84 Å². The van der Waals surface area contributed by atoms with Crippen molar-refractivity contribution in [1.82, 2.24) is 0 Å². The largest absolute Gasteiger partial charge is 0.487 e. The van der Waals surface area contributed by atoms with Gasteiger partial charge in [0.15, 0.2) is 0 Å². The van der Waals surface area contributed by atoms with E-state index >= 15 is 0 Å². The Morgan fingerprint density at radius 2 is 1.95 bits per heavy atom. The molecule has 1 aromatic rings. The van der Waals surface area contributed by atoms with Crippen LogP contribution in [0.1, 0.15) is 56.6 Å². The SMILES string of the molecule is Cc1cc(Cl)c(C(C)C)cc1OC1CCCCC1O. The quantitative estimate of drug-likeness (QED) is 0.887. The summed E-state index contributed by atoms with van der Waals surface area (Å²) < 4.78 is 6.04. The fourth-order valence-corrected chi connectivity index (χ4v) is 3.05. The van der Waals surface area contributed by atoms with Crippen molar-refractivity contribution in [2.45, 2.75) is 64.6 Å². The number of ether oxygens (including phenoxy) is 1. The van der Waals surface area contributed by atoms with E-state index in [4.69, 9.17) is 16.3 Å². The molecule has 0 aliphatic heterocycles. The van der Waals surface area contributed by atoms with Crippen molar-refractivity contribution in [3.63, 3.8) is 0 Å². The number of aryl methyl sites for hydroxylation is 1. The zero-order valence-corrected chi connectivity index (χ0v) is 12.7. The van der Waals surface area contributed by atoms with Gasteiger partial charge in [0, 0.05) is 5.02 Å². The molecule has 19 heavy (non-hydrogen) atoms. The van der Waals surface area contributed by atoms with Gasteiger partial charge in [0.25, 0.3) is 0 Å². The Kier molecular flexibility index (Phi) is 4.75. The van der Waals surface area contributed by atoms with Crippen molar-refractivity contribution in [1.29, 1.82) is 0 Å².